The molecular weight excluding hydrogens is 324 g/mol. The SMILES string of the molecule is COCC(C)(CCO)NC(=O)Nc1ccc(C)c(Br)c1. The van der Waals surface area contributed by atoms with Crippen LogP contribution in [0.25, 0.3) is 0 Å². The number of aryl methyl sites for hydroxylation is 1. The molecule has 0 heterocycles. The second kappa shape index (κ2) is 7.61. The Morgan fingerprint density at radius 1 is 1.50 bits per heavy atom. The van der Waals surface area contributed by atoms with Crippen molar-refractivity contribution in [3.63, 3.8) is 0 Å². The van der Waals surface area contributed by atoms with Gasteiger partial charge in [0, 0.05) is 23.9 Å². The Labute approximate surface area is 127 Å². The van der Waals surface area contributed by atoms with Gasteiger partial charge in [-0.25, -0.2) is 4.79 Å². The third kappa shape index (κ3) is 5.11. The van der Waals surface area contributed by atoms with Gasteiger partial charge in [0.25, 0.3) is 0 Å². The van der Waals surface area contributed by atoms with E-state index < -0.39 is 5.54 Å². The average Bonchev–Trinajstić information content (AvgIpc) is 2.34. The minimum Gasteiger partial charge on any atom is -0.396 e. The minimum absolute atomic E-state index is 0.0176. The number of urea groups is 1. The summed E-state index contributed by atoms with van der Waals surface area (Å²) in [5, 5.41) is 14.7. The molecule has 0 aliphatic rings. The zero-order chi connectivity index (χ0) is 15.2. The molecule has 112 valence electrons. The Hall–Kier alpha value is -1.11. The number of aliphatic hydroxyl groups is 1. The van der Waals surface area contributed by atoms with Gasteiger partial charge in [-0.2, -0.15) is 0 Å². The van der Waals surface area contributed by atoms with E-state index >= 15 is 0 Å². The second-order valence-electron chi connectivity index (χ2n) is 5.01. The number of anilines is 1. The van der Waals surface area contributed by atoms with Crippen LogP contribution in [0.3, 0.4) is 0 Å². The lowest BCUT2D eigenvalue weighted by Gasteiger charge is -2.29. The molecule has 1 aromatic rings. The van der Waals surface area contributed by atoms with E-state index in [1.807, 2.05) is 32.0 Å². The third-order valence-electron chi connectivity index (χ3n) is 2.97. The van der Waals surface area contributed by atoms with Gasteiger partial charge < -0.3 is 20.5 Å². The van der Waals surface area contributed by atoms with Crippen molar-refractivity contribution in [1.29, 1.82) is 0 Å². The summed E-state index contributed by atoms with van der Waals surface area (Å²) in [6.07, 6.45) is 0.422. The summed E-state index contributed by atoms with van der Waals surface area (Å²) in [6.45, 7) is 4.12. The van der Waals surface area contributed by atoms with Gasteiger partial charge in [-0.15, -0.1) is 0 Å². The number of rotatable bonds is 6. The van der Waals surface area contributed by atoms with Crippen LogP contribution < -0.4 is 10.6 Å². The second-order valence-corrected chi connectivity index (χ2v) is 5.86. The predicted octanol–water partition coefficient (Wildman–Crippen LogP) is 2.67. The number of halogens is 1. The summed E-state index contributed by atoms with van der Waals surface area (Å²) in [4.78, 5) is 12.0. The average molecular weight is 345 g/mol. The Kier molecular flexibility index (Phi) is 6.45. The van der Waals surface area contributed by atoms with Crippen LogP contribution in [-0.4, -0.2) is 37.0 Å². The molecule has 3 N–H and O–H groups in total. The lowest BCUT2D eigenvalue weighted by atomic mass is 10.00. The summed E-state index contributed by atoms with van der Waals surface area (Å²) >= 11 is 3.42. The molecule has 0 bridgehead atoms. The van der Waals surface area contributed by atoms with Crippen molar-refractivity contribution in [2.24, 2.45) is 0 Å². The lowest BCUT2D eigenvalue weighted by Crippen LogP contribution is -2.51. The van der Waals surface area contributed by atoms with Crippen molar-refractivity contribution in [3.05, 3.63) is 28.2 Å². The fourth-order valence-electron chi connectivity index (χ4n) is 1.84. The topological polar surface area (TPSA) is 70.6 Å². The first kappa shape index (κ1) is 16.9. The summed E-state index contributed by atoms with van der Waals surface area (Å²) < 4.78 is 6.02. The monoisotopic (exact) mass is 344 g/mol. The summed E-state index contributed by atoms with van der Waals surface area (Å²) in [6, 6.07) is 5.27. The molecule has 1 atom stereocenters. The van der Waals surface area contributed by atoms with Gasteiger partial charge in [-0.05, 0) is 38.0 Å². The highest BCUT2D eigenvalue weighted by Crippen LogP contribution is 2.20. The molecule has 0 aromatic heterocycles. The number of ether oxygens (including phenoxy) is 1. The van der Waals surface area contributed by atoms with Gasteiger partial charge in [0.1, 0.15) is 0 Å². The van der Waals surface area contributed by atoms with Gasteiger partial charge in [-0.3, -0.25) is 0 Å². The quantitative estimate of drug-likeness (QED) is 0.742. The molecule has 6 heteroatoms. The van der Waals surface area contributed by atoms with Crippen LogP contribution in [0.2, 0.25) is 0 Å². The molecule has 0 aliphatic carbocycles. The Bertz CT molecular complexity index is 460. The van der Waals surface area contributed by atoms with Crippen molar-refractivity contribution >= 4 is 27.6 Å². The van der Waals surface area contributed by atoms with Crippen molar-refractivity contribution in [1.82, 2.24) is 5.32 Å². The first-order chi connectivity index (χ1) is 9.40. The highest BCUT2D eigenvalue weighted by molar-refractivity contribution is 9.10. The van der Waals surface area contributed by atoms with Gasteiger partial charge in [0.2, 0.25) is 0 Å². The molecule has 0 spiro atoms. The molecule has 0 radical (unpaired) electrons. The number of amides is 2. The van der Waals surface area contributed by atoms with E-state index in [4.69, 9.17) is 9.84 Å². The Morgan fingerprint density at radius 2 is 2.20 bits per heavy atom. The van der Waals surface area contributed by atoms with Crippen molar-refractivity contribution in [2.75, 3.05) is 25.6 Å². The summed E-state index contributed by atoms with van der Waals surface area (Å²) in [5.74, 6) is 0. The molecule has 1 aromatic carbocycles. The van der Waals surface area contributed by atoms with Crippen LogP contribution in [0.4, 0.5) is 10.5 Å². The first-order valence-electron chi connectivity index (χ1n) is 6.35. The van der Waals surface area contributed by atoms with E-state index in [2.05, 4.69) is 26.6 Å². The number of methoxy groups -OCH3 is 1. The standard InChI is InChI=1S/C14H21BrN2O3/c1-10-4-5-11(8-12(10)15)16-13(19)17-14(2,6-7-18)9-20-3/h4-5,8,18H,6-7,9H2,1-3H3,(H2,16,17,19). The fourth-order valence-corrected chi connectivity index (χ4v) is 2.22. The normalized spacial score (nSPS) is 13.7. The highest BCUT2D eigenvalue weighted by atomic mass is 79.9. The molecule has 5 nitrogen and oxygen atoms in total. The van der Waals surface area contributed by atoms with E-state index in [0.717, 1.165) is 10.0 Å². The molecule has 0 saturated heterocycles. The zero-order valence-corrected chi connectivity index (χ0v) is 13.6. The zero-order valence-electron chi connectivity index (χ0n) is 12.0. The lowest BCUT2D eigenvalue weighted by molar-refractivity contribution is 0.104. The maximum Gasteiger partial charge on any atom is 0.319 e. The largest absolute Gasteiger partial charge is 0.396 e. The Morgan fingerprint density at radius 3 is 2.75 bits per heavy atom. The molecule has 1 rings (SSSR count). The smallest absolute Gasteiger partial charge is 0.319 e. The number of benzene rings is 1. The number of nitrogens with one attached hydrogen (secondary N) is 2. The van der Waals surface area contributed by atoms with Crippen molar-refractivity contribution in [2.45, 2.75) is 25.8 Å². The third-order valence-corrected chi connectivity index (χ3v) is 3.83. The first-order valence-corrected chi connectivity index (χ1v) is 7.14. The van der Waals surface area contributed by atoms with Gasteiger partial charge in [0.05, 0.1) is 12.1 Å². The van der Waals surface area contributed by atoms with E-state index in [1.54, 1.807) is 7.11 Å². The van der Waals surface area contributed by atoms with Crippen LogP contribution in [0, 0.1) is 6.92 Å². The molecular formula is C14H21BrN2O3. The number of hydrogen-bond acceptors (Lipinski definition) is 3. The van der Waals surface area contributed by atoms with Crippen molar-refractivity contribution in [3.8, 4) is 0 Å². The minimum atomic E-state index is -0.602. The van der Waals surface area contributed by atoms with Crippen LogP contribution in [-0.2, 0) is 4.74 Å². The summed E-state index contributed by atoms with van der Waals surface area (Å²) in [7, 11) is 1.56. The number of aliphatic hydroxyl groups excluding tert-OH is 1. The molecule has 0 aliphatic heterocycles. The van der Waals surface area contributed by atoms with Crippen LogP contribution in [0.5, 0.6) is 0 Å². The number of hydrogen-bond donors (Lipinski definition) is 3. The van der Waals surface area contributed by atoms with Crippen molar-refractivity contribution < 1.29 is 14.6 Å². The maximum atomic E-state index is 12.0. The molecule has 1 unspecified atom stereocenters. The van der Waals surface area contributed by atoms with E-state index in [9.17, 15) is 4.79 Å². The van der Waals surface area contributed by atoms with Crippen LogP contribution >= 0.6 is 15.9 Å². The molecule has 20 heavy (non-hydrogen) atoms. The molecule has 2 amide bonds. The molecule has 0 fully saturated rings. The Balaban J connectivity index is 2.67. The predicted molar refractivity (Wildman–Crippen MR) is 83.0 cm³/mol. The van der Waals surface area contributed by atoms with Crippen LogP contribution in [0.1, 0.15) is 18.9 Å². The van der Waals surface area contributed by atoms with Crippen LogP contribution in [0.15, 0.2) is 22.7 Å². The molecule has 0 saturated carbocycles. The van der Waals surface area contributed by atoms with Gasteiger partial charge in [-0.1, -0.05) is 22.0 Å². The fraction of sp³-hybridized carbons (Fsp3) is 0.500. The number of carbonyl (C=O) groups is 1. The number of carbonyl (C=O) groups excluding carboxylic acids is 1. The van der Waals surface area contributed by atoms with E-state index in [1.165, 1.54) is 0 Å². The highest BCUT2D eigenvalue weighted by Gasteiger charge is 2.25. The van der Waals surface area contributed by atoms with Gasteiger partial charge in [0.15, 0.2) is 0 Å². The van der Waals surface area contributed by atoms with E-state index in [0.29, 0.717) is 18.7 Å². The maximum absolute atomic E-state index is 12.0. The summed E-state index contributed by atoms with van der Waals surface area (Å²) in [5.41, 5.74) is 1.19. The van der Waals surface area contributed by atoms with E-state index in [-0.39, 0.29) is 12.6 Å². The van der Waals surface area contributed by atoms with Gasteiger partial charge >= 0.3 is 6.03 Å².